The van der Waals surface area contributed by atoms with Crippen molar-refractivity contribution in [3.8, 4) is 0 Å². The van der Waals surface area contributed by atoms with Gasteiger partial charge in [-0.05, 0) is 23.5 Å². The summed E-state index contributed by atoms with van der Waals surface area (Å²) in [6, 6.07) is 8.16. The van der Waals surface area contributed by atoms with Crippen LogP contribution in [-0.2, 0) is 22.6 Å². The van der Waals surface area contributed by atoms with Gasteiger partial charge in [0, 0.05) is 25.9 Å². The topological polar surface area (TPSA) is 57.6 Å². The van der Waals surface area contributed by atoms with Crippen LogP contribution in [0.4, 0.5) is 0 Å². The zero-order chi connectivity index (χ0) is 13.8. The summed E-state index contributed by atoms with van der Waals surface area (Å²) in [5.74, 6) is -0.894. The molecule has 0 saturated carbocycles. The number of hydrogen-bond donors (Lipinski definition) is 1. The van der Waals surface area contributed by atoms with Crippen LogP contribution in [0.2, 0.25) is 0 Å². The predicted octanol–water partition coefficient (Wildman–Crippen LogP) is 2.07. The monoisotopic (exact) mass is 261 g/mol. The first-order valence-corrected chi connectivity index (χ1v) is 6.62. The summed E-state index contributed by atoms with van der Waals surface area (Å²) in [5, 5.41) is 8.71. The molecule has 0 aliphatic carbocycles. The minimum atomic E-state index is -0.843. The Bertz CT molecular complexity index is 484. The molecule has 1 heterocycles. The normalized spacial score (nSPS) is 15.7. The molecule has 1 N–H and O–H groups in total. The van der Waals surface area contributed by atoms with Crippen molar-refractivity contribution in [2.45, 2.75) is 32.7 Å². The summed E-state index contributed by atoms with van der Waals surface area (Å²) in [6.45, 7) is 3.19. The molecule has 0 fully saturated rings. The molecule has 0 aromatic heterocycles. The zero-order valence-electron chi connectivity index (χ0n) is 11.1. The van der Waals surface area contributed by atoms with Gasteiger partial charge in [0.15, 0.2) is 0 Å². The highest BCUT2D eigenvalue weighted by Crippen LogP contribution is 2.20. The second kappa shape index (κ2) is 5.87. The highest BCUT2D eigenvalue weighted by atomic mass is 16.4. The third kappa shape index (κ3) is 3.56. The molecule has 1 aliphatic rings. The van der Waals surface area contributed by atoms with E-state index in [0.29, 0.717) is 13.0 Å². The number of aliphatic carboxylic acids is 1. The zero-order valence-corrected chi connectivity index (χ0v) is 11.1. The van der Waals surface area contributed by atoms with Gasteiger partial charge in [-0.25, -0.2) is 0 Å². The minimum absolute atomic E-state index is 0.0518. The molecule has 1 aromatic rings. The van der Waals surface area contributed by atoms with Crippen molar-refractivity contribution < 1.29 is 14.7 Å². The van der Waals surface area contributed by atoms with Crippen LogP contribution in [0.3, 0.4) is 0 Å². The Kier molecular flexibility index (Phi) is 4.20. The molecule has 1 aromatic carbocycles. The standard InChI is InChI=1S/C15H19NO3/c1-11(9-15(18)19)8-14(17)16-7-6-12-4-2-3-5-13(12)10-16/h2-5,11H,6-10H2,1H3,(H,18,19)/t11-/m1/s1. The van der Waals surface area contributed by atoms with Gasteiger partial charge in [0.1, 0.15) is 0 Å². The molecule has 1 atom stereocenters. The van der Waals surface area contributed by atoms with E-state index in [-0.39, 0.29) is 18.2 Å². The molecule has 2 rings (SSSR count). The van der Waals surface area contributed by atoms with Crippen LogP contribution in [0, 0.1) is 5.92 Å². The first-order chi connectivity index (χ1) is 9.06. The second-order valence-corrected chi connectivity index (χ2v) is 5.24. The minimum Gasteiger partial charge on any atom is -0.481 e. The van der Waals surface area contributed by atoms with Crippen LogP contribution in [0.25, 0.3) is 0 Å². The Morgan fingerprint density at radius 1 is 1.26 bits per heavy atom. The number of carbonyl (C=O) groups excluding carboxylic acids is 1. The molecular weight excluding hydrogens is 242 g/mol. The van der Waals surface area contributed by atoms with Crippen molar-refractivity contribution >= 4 is 11.9 Å². The van der Waals surface area contributed by atoms with Crippen molar-refractivity contribution in [3.63, 3.8) is 0 Å². The highest BCUT2D eigenvalue weighted by molar-refractivity contribution is 5.77. The van der Waals surface area contributed by atoms with Crippen molar-refractivity contribution in [3.05, 3.63) is 35.4 Å². The van der Waals surface area contributed by atoms with Crippen LogP contribution >= 0.6 is 0 Å². The number of carbonyl (C=O) groups is 2. The van der Waals surface area contributed by atoms with Crippen LogP contribution < -0.4 is 0 Å². The maximum atomic E-state index is 12.1. The third-order valence-electron chi connectivity index (χ3n) is 3.53. The Balaban J connectivity index is 1.93. The summed E-state index contributed by atoms with van der Waals surface area (Å²) >= 11 is 0. The van der Waals surface area contributed by atoms with Gasteiger partial charge >= 0.3 is 5.97 Å². The summed E-state index contributed by atoms with van der Waals surface area (Å²) in [4.78, 5) is 24.6. The fourth-order valence-corrected chi connectivity index (χ4v) is 2.51. The number of amides is 1. The average Bonchev–Trinajstić information content (AvgIpc) is 2.37. The van der Waals surface area contributed by atoms with Gasteiger partial charge in [-0.1, -0.05) is 31.2 Å². The van der Waals surface area contributed by atoms with E-state index in [0.717, 1.165) is 13.0 Å². The molecule has 102 valence electrons. The Labute approximate surface area is 113 Å². The number of nitrogens with zero attached hydrogens (tertiary/aromatic N) is 1. The van der Waals surface area contributed by atoms with E-state index >= 15 is 0 Å². The van der Waals surface area contributed by atoms with Gasteiger partial charge in [-0.15, -0.1) is 0 Å². The van der Waals surface area contributed by atoms with E-state index in [9.17, 15) is 9.59 Å². The molecule has 0 radical (unpaired) electrons. The van der Waals surface area contributed by atoms with Crippen LogP contribution in [0.5, 0.6) is 0 Å². The molecular formula is C15H19NO3. The Morgan fingerprint density at radius 2 is 1.95 bits per heavy atom. The van der Waals surface area contributed by atoms with Gasteiger partial charge < -0.3 is 10.0 Å². The molecule has 1 amide bonds. The molecule has 4 nitrogen and oxygen atoms in total. The van der Waals surface area contributed by atoms with Gasteiger partial charge in [0.25, 0.3) is 0 Å². The molecule has 1 aliphatic heterocycles. The summed E-state index contributed by atoms with van der Waals surface area (Å²) in [7, 11) is 0. The third-order valence-corrected chi connectivity index (χ3v) is 3.53. The number of carboxylic acids is 1. The van der Waals surface area contributed by atoms with Crippen LogP contribution in [0.15, 0.2) is 24.3 Å². The molecule has 19 heavy (non-hydrogen) atoms. The van der Waals surface area contributed by atoms with E-state index in [4.69, 9.17) is 5.11 Å². The number of rotatable bonds is 4. The Hall–Kier alpha value is -1.84. The number of benzene rings is 1. The summed E-state index contributed by atoms with van der Waals surface area (Å²) in [5.41, 5.74) is 2.51. The van der Waals surface area contributed by atoms with Crippen molar-refractivity contribution in [2.24, 2.45) is 5.92 Å². The number of carboxylic acid groups (broad SMARTS) is 1. The fraction of sp³-hybridized carbons (Fsp3) is 0.467. The fourth-order valence-electron chi connectivity index (χ4n) is 2.51. The first-order valence-electron chi connectivity index (χ1n) is 6.62. The van der Waals surface area contributed by atoms with Gasteiger partial charge in [-0.2, -0.15) is 0 Å². The quantitative estimate of drug-likeness (QED) is 0.902. The van der Waals surface area contributed by atoms with Gasteiger partial charge in [-0.3, -0.25) is 9.59 Å². The SMILES string of the molecule is C[C@@H](CC(=O)O)CC(=O)N1CCc2ccccc2C1. The lowest BCUT2D eigenvalue weighted by atomic mass is 9.98. The maximum Gasteiger partial charge on any atom is 0.303 e. The largest absolute Gasteiger partial charge is 0.481 e. The smallest absolute Gasteiger partial charge is 0.303 e. The van der Waals surface area contributed by atoms with E-state index in [2.05, 4.69) is 12.1 Å². The molecule has 4 heteroatoms. The molecule has 0 unspecified atom stereocenters. The number of hydrogen-bond acceptors (Lipinski definition) is 2. The van der Waals surface area contributed by atoms with E-state index < -0.39 is 5.97 Å². The lowest BCUT2D eigenvalue weighted by molar-refractivity contribution is -0.138. The van der Waals surface area contributed by atoms with E-state index in [1.54, 1.807) is 0 Å². The molecule has 0 bridgehead atoms. The molecule has 0 spiro atoms. The summed E-state index contributed by atoms with van der Waals surface area (Å²) in [6.07, 6.45) is 1.25. The maximum absolute atomic E-state index is 12.1. The van der Waals surface area contributed by atoms with Gasteiger partial charge in [0.05, 0.1) is 0 Å². The Morgan fingerprint density at radius 3 is 2.63 bits per heavy atom. The molecule has 0 saturated heterocycles. The summed E-state index contributed by atoms with van der Waals surface area (Å²) < 4.78 is 0. The highest BCUT2D eigenvalue weighted by Gasteiger charge is 2.22. The van der Waals surface area contributed by atoms with Crippen molar-refractivity contribution in [2.75, 3.05) is 6.54 Å². The van der Waals surface area contributed by atoms with E-state index in [1.165, 1.54) is 11.1 Å². The van der Waals surface area contributed by atoms with Crippen LogP contribution in [-0.4, -0.2) is 28.4 Å². The van der Waals surface area contributed by atoms with Crippen LogP contribution in [0.1, 0.15) is 30.9 Å². The van der Waals surface area contributed by atoms with E-state index in [1.807, 2.05) is 24.0 Å². The van der Waals surface area contributed by atoms with Crippen molar-refractivity contribution in [1.82, 2.24) is 4.90 Å². The lowest BCUT2D eigenvalue weighted by Crippen LogP contribution is -2.36. The number of fused-ring (bicyclic) bond motifs is 1. The predicted molar refractivity (Wildman–Crippen MR) is 71.6 cm³/mol. The van der Waals surface area contributed by atoms with Crippen molar-refractivity contribution in [1.29, 1.82) is 0 Å². The van der Waals surface area contributed by atoms with Gasteiger partial charge in [0.2, 0.25) is 5.91 Å². The second-order valence-electron chi connectivity index (χ2n) is 5.24. The lowest BCUT2D eigenvalue weighted by Gasteiger charge is -2.29. The first kappa shape index (κ1) is 13.6. The average molecular weight is 261 g/mol.